The largest absolute Gasteiger partial charge is 0.497 e. The van der Waals surface area contributed by atoms with Crippen molar-refractivity contribution >= 4 is 0 Å². The van der Waals surface area contributed by atoms with Crippen molar-refractivity contribution in [1.29, 1.82) is 0 Å². The van der Waals surface area contributed by atoms with Crippen molar-refractivity contribution in [3.8, 4) is 5.75 Å². The van der Waals surface area contributed by atoms with Gasteiger partial charge in [0.2, 0.25) is 0 Å². The van der Waals surface area contributed by atoms with E-state index in [0.29, 0.717) is 13.2 Å². The molecule has 0 unspecified atom stereocenters. The lowest BCUT2D eigenvalue weighted by atomic mass is 10.1. The molecule has 1 atom stereocenters. The summed E-state index contributed by atoms with van der Waals surface area (Å²) < 4.78 is 13.0. The van der Waals surface area contributed by atoms with Gasteiger partial charge < -0.3 is 9.47 Å². The molecule has 0 aliphatic carbocycles. The quantitative estimate of drug-likeness (QED) is 0.672. The Morgan fingerprint density at radius 1 is 1.11 bits per heavy atom. The van der Waals surface area contributed by atoms with Gasteiger partial charge in [0.25, 0.3) is 0 Å². The molecule has 0 saturated carbocycles. The molecule has 6 heteroatoms. The third-order valence-corrected chi connectivity index (χ3v) is 4.77. The van der Waals surface area contributed by atoms with E-state index in [9.17, 15) is 0 Å². The molecular formula is C21H24N4O2. The first-order valence-corrected chi connectivity index (χ1v) is 9.15. The van der Waals surface area contributed by atoms with Gasteiger partial charge >= 0.3 is 0 Å². The number of benzene rings is 2. The molecule has 6 nitrogen and oxygen atoms in total. The summed E-state index contributed by atoms with van der Waals surface area (Å²) in [7, 11) is 1.68. The van der Waals surface area contributed by atoms with Crippen molar-refractivity contribution < 1.29 is 9.47 Å². The highest BCUT2D eigenvalue weighted by Crippen LogP contribution is 2.27. The van der Waals surface area contributed by atoms with E-state index in [1.807, 2.05) is 23.0 Å². The average molecular weight is 364 g/mol. The number of methoxy groups -OCH3 is 1. The second-order valence-corrected chi connectivity index (χ2v) is 6.87. The average Bonchev–Trinajstić information content (AvgIpc) is 3.31. The van der Waals surface area contributed by atoms with Gasteiger partial charge in [-0.15, -0.1) is 5.10 Å². The minimum absolute atomic E-state index is 0.154. The number of nitrogens with zero attached hydrogens (tertiary/aromatic N) is 4. The van der Waals surface area contributed by atoms with Crippen LogP contribution in [0.3, 0.4) is 0 Å². The predicted molar refractivity (Wildman–Crippen MR) is 102 cm³/mol. The monoisotopic (exact) mass is 364 g/mol. The summed E-state index contributed by atoms with van der Waals surface area (Å²) in [5.41, 5.74) is 4.54. The van der Waals surface area contributed by atoms with Crippen LogP contribution in [0, 0.1) is 6.92 Å². The number of aryl methyl sites for hydroxylation is 1. The van der Waals surface area contributed by atoms with E-state index in [2.05, 4.69) is 58.5 Å². The van der Waals surface area contributed by atoms with E-state index in [-0.39, 0.29) is 6.23 Å². The zero-order valence-corrected chi connectivity index (χ0v) is 15.7. The number of aromatic nitrogens is 3. The summed E-state index contributed by atoms with van der Waals surface area (Å²) in [4.78, 5) is 2.28. The van der Waals surface area contributed by atoms with Crippen LogP contribution in [0.25, 0.3) is 0 Å². The third-order valence-electron chi connectivity index (χ3n) is 4.77. The van der Waals surface area contributed by atoms with Gasteiger partial charge in [0.1, 0.15) is 11.4 Å². The van der Waals surface area contributed by atoms with E-state index in [1.165, 1.54) is 16.7 Å². The molecular weight excluding hydrogens is 340 g/mol. The summed E-state index contributed by atoms with van der Waals surface area (Å²) in [5, 5.41) is 8.66. The fourth-order valence-corrected chi connectivity index (χ4v) is 3.41. The van der Waals surface area contributed by atoms with E-state index in [0.717, 1.165) is 24.5 Å². The minimum Gasteiger partial charge on any atom is -0.497 e. The molecule has 2 aromatic carbocycles. The fourth-order valence-electron chi connectivity index (χ4n) is 3.41. The van der Waals surface area contributed by atoms with E-state index < -0.39 is 0 Å². The first-order valence-electron chi connectivity index (χ1n) is 9.15. The van der Waals surface area contributed by atoms with Crippen LogP contribution in [0.1, 0.15) is 28.6 Å². The van der Waals surface area contributed by atoms with Crippen LogP contribution in [-0.2, 0) is 17.8 Å². The van der Waals surface area contributed by atoms with Crippen LogP contribution in [0.2, 0.25) is 0 Å². The molecule has 4 rings (SSSR count). The first kappa shape index (κ1) is 17.7. The second-order valence-electron chi connectivity index (χ2n) is 6.87. The molecule has 0 amide bonds. The molecule has 1 saturated heterocycles. The van der Waals surface area contributed by atoms with E-state index in [1.54, 1.807) is 7.11 Å². The lowest BCUT2D eigenvalue weighted by Crippen LogP contribution is -2.23. The molecule has 3 aromatic rings. The van der Waals surface area contributed by atoms with E-state index >= 15 is 0 Å². The maximum Gasteiger partial charge on any atom is 0.157 e. The van der Waals surface area contributed by atoms with Crippen LogP contribution in [-0.4, -0.2) is 40.2 Å². The Bertz CT molecular complexity index is 891. The first-order chi connectivity index (χ1) is 13.2. The molecule has 0 spiro atoms. The summed E-state index contributed by atoms with van der Waals surface area (Å²) in [6, 6.07) is 16.6. The van der Waals surface area contributed by atoms with Crippen molar-refractivity contribution in [2.24, 2.45) is 0 Å². The molecule has 27 heavy (non-hydrogen) atoms. The Labute approximate surface area is 159 Å². The lowest BCUT2D eigenvalue weighted by Gasteiger charge is -2.21. The van der Waals surface area contributed by atoms with Gasteiger partial charge in [-0.2, -0.15) is 0 Å². The Balaban J connectivity index is 1.44. The summed E-state index contributed by atoms with van der Waals surface area (Å²) in [5.74, 6) is 0.868. The van der Waals surface area contributed by atoms with Crippen LogP contribution in [0.4, 0.5) is 0 Å². The topological polar surface area (TPSA) is 52.4 Å². The maximum atomic E-state index is 5.94. The highest BCUT2D eigenvalue weighted by Gasteiger charge is 2.29. The standard InChI is InChI=1S/C21H24N4O2/c1-16-4-3-5-18(12-16)14-25-15-20(22-23-25)21-24(10-11-27-21)13-17-6-8-19(26-2)9-7-17/h3-9,12,15,21H,10-11,13-14H2,1-2H3/t21-/m0/s1. The van der Waals surface area contributed by atoms with E-state index in [4.69, 9.17) is 9.47 Å². The predicted octanol–water partition coefficient (Wildman–Crippen LogP) is 3.17. The van der Waals surface area contributed by atoms with Crippen molar-refractivity contribution in [1.82, 2.24) is 19.9 Å². The number of hydrogen-bond acceptors (Lipinski definition) is 5. The number of rotatable bonds is 6. The number of hydrogen-bond donors (Lipinski definition) is 0. The molecule has 0 bridgehead atoms. The van der Waals surface area contributed by atoms with Gasteiger partial charge in [-0.05, 0) is 30.2 Å². The highest BCUT2D eigenvalue weighted by atomic mass is 16.5. The molecule has 2 heterocycles. The van der Waals surface area contributed by atoms with Crippen LogP contribution in [0.5, 0.6) is 5.75 Å². The van der Waals surface area contributed by atoms with Crippen molar-refractivity contribution in [3.63, 3.8) is 0 Å². The lowest BCUT2D eigenvalue weighted by molar-refractivity contribution is 0.0252. The molecule has 0 N–H and O–H groups in total. The Morgan fingerprint density at radius 3 is 2.74 bits per heavy atom. The molecule has 1 aliphatic heterocycles. The summed E-state index contributed by atoms with van der Waals surface area (Å²) >= 11 is 0. The SMILES string of the molecule is COc1ccc(CN2CCO[C@H]2c2cn(Cc3cccc(C)c3)nn2)cc1. The highest BCUT2D eigenvalue weighted by molar-refractivity contribution is 5.27. The molecule has 140 valence electrons. The zero-order valence-electron chi connectivity index (χ0n) is 15.7. The zero-order chi connectivity index (χ0) is 18.6. The van der Waals surface area contributed by atoms with Crippen molar-refractivity contribution in [2.45, 2.75) is 26.2 Å². The third kappa shape index (κ3) is 4.18. The summed E-state index contributed by atoms with van der Waals surface area (Å²) in [6.45, 7) is 5.19. The molecule has 1 fully saturated rings. The molecule has 0 radical (unpaired) electrons. The summed E-state index contributed by atoms with van der Waals surface area (Å²) in [6.07, 6.45) is 1.83. The maximum absolute atomic E-state index is 5.94. The van der Waals surface area contributed by atoms with Gasteiger partial charge in [-0.25, -0.2) is 4.68 Å². The molecule has 1 aromatic heterocycles. The Hall–Kier alpha value is -2.70. The Kier molecular flexibility index (Phi) is 5.18. The Morgan fingerprint density at radius 2 is 1.96 bits per heavy atom. The minimum atomic E-state index is -0.154. The number of ether oxygens (including phenoxy) is 2. The van der Waals surface area contributed by atoms with Crippen molar-refractivity contribution in [3.05, 3.63) is 77.1 Å². The van der Waals surface area contributed by atoms with Gasteiger partial charge in [-0.1, -0.05) is 47.2 Å². The van der Waals surface area contributed by atoms with Crippen LogP contribution >= 0.6 is 0 Å². The fraction of sp³-hybridized carbons (Fsp3) is 0.333. The van der Waals surface area contributed by atoms with Gasteiger partial charge in [0.05, 0.1) is 26.5 Å². The van der Waals surface area contributed by atoms with Crippen LogP contribution in [0.15, 0.2) is 54.7 Å². The van der Waals surface area contributed by atoms with Gasteiger partial charge in [0.15, 0.2) is 6.23 Å². The van der Waals surface area contributed by atoms with Crippen LogP contribution < -0.4 is 4.74 Å². The molecule has 1 aliphatic rings. The normalized spacial score (nSPS) is 17.3. The van der Waals surface area contributed by atoms with Crippen molar-refractivity contribution in [2.75, 3.05) is 20.3 Å². The second kappa shape index (κ2) is 7.90. The van der Waals surface area contributed by atoms with Gasteiger partial charge in [-0.3, -0.25) is 4.90 Å². The van der Waals surface area contributed by atoms with Gasteiger partial charge in [0, 0.05) is 13.1 Å². The smallest absolute Gasteiger partial charge is 0.157 e.